The van der Waals surface area contributed by atoms with Gasteiger partial charge in [0.25, 0.3) is 5.91 Å². The van der Waals surface area contributed by atoms with Gasteiger partial charge in [-0.2, -0.15) is 0 Å². The van der Waals surface area contributed by atoms with Crippen LogP contribution in [0.15, 0.2) is 54.6 Å². The third-order valence-corrected chi connectivity index (χ3v) is 6.47. The van der Waals surface area contributed by atoms with Crippen molar-refractivity contribution in [3.8, 4) is 0 Å². The number of nitrogens with one attached hydrogen (secondary N) is 1. The quantitative estimate of drug-likeness (QED) is 0.600. The van der Waals surface area contributed by atoms with Crippen molar-refractivity contribution >= 4 is 11.6 Å². The van der Waals surface area contributed by atoms with Crippen LogP contribution in [0.4, 0.5) is 5.69 Å². The minimum atomic E-state index is -0.514. The van der Waals surface area contributed by atoms with Gasteiger partial charge in [-0.25, -0.2) is 5.48 Å². The first-order chi connectivity index (χ1) is 14.3. The highest BCUT2D eigenvalue weighted by molar-refractivity contribution is 5.86. The van der Waals surface area contributed by atoms with Crippen molar-refractivity contribution in [3.05, 3.63) is 65.7 Å². The molecule has 1 atom stereocenters. The van der Waals surface area contributed by atoms with Crippen molar-refractivity contribution in [3.63, 3.8) is 0 Å². The van der Waals surface area contributed by atoms with Crippen molar-refractivity contribution in [2.45, 2.75) is 44.1 Å². The molecule has 2 fully saturated rings. The Morgan fingerprint density at radius 1 is 0.862 bits per heavy atom. The lowest BCUT2D eigenvalue weighted by Gasteiger charge is -2.41. The van der Waals surface area contributed by atoms with E-state index in [2.05, 4.69) is 21.9 Å². The Morgan fingerprint density at radius 3 is 2.10 bits per heavy atom. The summed E-state index contributed by atoms with van der Waals surface area (Å²) in [7, 11) is 0. The van der Waals surface area contributed by atoms with E-state index < -0.39 is 11.8 Å². The fraction of sp³-hybridized carbons (Fsp3) is 0.458. The highest BCUT2D eigenvalue weighted by Crippen LogP contribution is 2.29. The van der Waals surface area contributed by atoms with Crippen LogP contribution in [0.1, 0.15) is 49.1 Å². The predicted octanol–water partition coefficient (Wildman–Crippen LogP) is 3.78. The molecule has 5 heteroatoms. The van der Waals surface area contributed by atoms with Crippen LogP contribution in [0, 0.1) is 0 Å². The molecule has 2 N–H and O–H groups in total. The molecule has 29 heavy (non-hydrogen) atoms. The summed E-state index contributed by atoms with van der Waals surface area (Å²) in [5, 5.41) is 9.21. The van der Waals surface area contributed by atoms with Crippen LogP contribution in [0.5, 0.6) is 0 Å². The van der Waals surface area contributed by atoms with Gasteiger partial charge in [0.2, 0.25) is 0 Å². The molecular weight excluding hydrogens is 362 g/mol. The van der Waals surface area contributed by atoms with Crippen LogP contribution in [-0.4, -0.2) is 48.2 Å². The summed E-state index contributed by atoms with van der Waals surface area (Å²) in [6.45, 7) is 4.71. The Kier molecular flexibility index (Phi) is 6.47. The first-order valence-corrected chi connectivity index (χ1v) is 10.8. The topological polar surface area (TPSA) is 55.8 Å². The average molecular weight is 394 g/mol. The highest BCUT2D eigenvalue weighted by Gasteiger charge is 2.26. The number of anilines is 1. The lowest BCUT2D eigenvalue weighted by Crippen LogP contribution is -2.46. The van der Waals surface area contributed by atoms with Crippen molar-refractivity contribution in [1.29, 1.82) is 0 Å². The third kappa shape index (κ3) is 4.62. The van der Waals surface area contributed by atoms with Gasteiger partial charge < -0.3 is 9.80 Å². The minimum Gasteiger partial charge on any atom is -0.371 e. The van der Waals surface area contributed by atoms with E-state index in [1.165, 1.54) is 50.9 Å². The van der Waals surface area contributed by atoms with E-state index in [4.69, 9.17) is 0 Å². The van der Waals surface area contributed by atoms with E-state index in [-0.39, 0.29) is 0 Å². The SMILES string of the molecule is O=C(NO)C(c1ccccc1)c1ccc(N2CCC(N3CCCCC3)CC2)cc1. The molecule has 1 unspecified atom stereocenters. The van der Waals surface area contributed by atoms with Crippen molar-refractivity contribution in [2.75, 3.05) is 31.1 Å². The van der Waals surface area contributed by atoms with Gasteiger partial charge in [0.1, 0.15) is 0 Å². The van der Waals surface area contributed by atoms with Crippen LogP contribution in [0.3, 0.4) is 0 Å². The molecular formula is C24H31N3O2. The molecule has 1 amide bonds. The fourth-order valence-electron chi connectivity index (χ4n) is 4.86. The normalized spacial score (nSPS) is 19.7. The van der Waals surface area contributed by atoms with Crippen LogP contribution >= 0.6 is 0 Å². The third-order valence-electron chi connectivity index (χ3n) is 6.47. The van der Waals surface area contributed by atoms with Gasteiger partial charge in [-0.1, -0.05) is 48.9 Å². The second-order valence-electron chi connectivity index (χ2n) is 8.23. The van der Waals surface area contributed by atoms with Crippen LogP contribution in [0.25, 0.3) is 0 Å². The number of carbonyl (C=O) groups excluding carboxylic acids is 1. The molecule has 2 aliphatic rings. The molecule has 2 aliphatic heterocycles. The van der Waals surface area contributed by atoms with E-state index in [1.807, 2.05) is 47.9 Å². The number of piperidine rings is 2. The molecule has 0 aliphatic carbocycles. The summed E-state index contributed by atoms with van der Waals surface area (Å²) >= 11 is 0. The van der Waals surface area contributed by atoms with E-state index in [0.29, 0.717) is 0 Å². The smallest absolute Gasteiger partial charge is 0.255 e. The van der Waals surface area contributed by atoms with E-state index in [1.54, 1.807) is 0 Å². The number of likely N-dealkylation sites (tertiary alicyclic amines) is 1. The second kappa shape index (κ2) is 9.42. The van der Waals surface area contributed by atoms with Crippen molar-refractivity contribution < 1.29 is 10.0 Å². The van der Waals surface area contributed by atoms with Crippen LogP contribution in [0.2, 0.25) is 0 Å². The lowest BCUT2D eigenvalue weighted by atomic mass is 9.90. The number of benzene rings is 2. The largest absolute Gasteiger partial charge is 0.371 e. The Bertz CT molecular complexity index is 780. The number of hydroxylamine groups is 1. The molecule has 4 rings (SSSR count). The highest BCUT2D eigenvalue weighted by atomic mass is 16.5. The van der Waals surface area contributed by atoms with Gasteiger partial charge in [-0.05, 0) is 62.0 Å². The molecule has 2 aromatic carbocycles. The van der Waals surface area contributed by atoms with Crippen LogP contribution in [-0.2, 0) is 4.79 Å². The van der Waals surface area contributed by atoms with E-state index in [0.717, 1.165) is 30.3 Å². The molecule has 5 nitrogen and oxygen atoms in total. The monoisotopic (exact) mass is 393 g/mol. The number of amides is 1. The van der Waals surface area contributed by atoms with Gasteiger partial charge in [0.15, 0.2) is 0 Å². The number of carbonyl (C=O) groups is 1. The molecule has 0 radical (unpaired) electrons. The molecule has 0 saturated carbocycles. The maximum atomic E-state index is 12.3. The van der Waals surface area contributed by atoms with Crippen LogP contribution < -0.4 is 10.4 Å². The second-order valence-corrected chi connectivity index (χ2v) is 8.23. The first kappa shape index (κ1) is 19.9. The lowest BCUT2D eigenvalue weighted by molar-refractivity contribution is -0.129. The summed E-state index contributed by atoms with van der Waals surface area (Å²) < 4.78 is 0. The summed E-state index contributed by atoms with van der Waals surface area (Å²) in [5.74, 6) is -0.925. The summed E-state index contributed by atoms with van der Waals surface area (Å²) in [4.78, 5) is 17.5. The zero-order chi connectivity index (χ0) is 20.1. The van der Waals surface area contributed by atoms with E-state index >= 15 is 0 Å². The van der Waals surface area contributed by atoms with E-state index in [9.17, 15) is 10.0 Å². The summed E-state index contributed by atoms with van der Waals surface area (Å²) in [6, 6.07) is 18.6. The fourth-order valence-corrected chi connectivity index (χ4v) is 4.86. The summed E-state index contributed by atoms with van der Waals surface area (Å²) in [5.41, 5.74) is 4.79. The molecule has 154 valence electrons. The Balaban J connectivity index is 1.43. The van der Waals surface area contributed by atoms with Crippen molar-refractivity contribution in [2.24, 2.45) is 0 Å². The van der Waals surface area contributed by atoms with Gasteiger partial charge in [-0.15, -0.1) is 0 Å². The van der Waals surface area contributed by atoms with Gasteiger partial charge >= 0.3 is 0 Å². The predicted molar refractivity (Wildman–Crippen MR) is 115 cm³/mol. The van der Waals surface area contributed by atoms with Gasteiger partial charge in [0.05, 0.1) is 5.92 Å². The average Bonchev–Trinajstić information content (AvgIpc) is 2.81. The molecule has 2 heterocycles. The molecule has 0 aromatic heterocycles. The van der Waals surface area contributed by atoms with Crippen molar-refractivity contribution in [1.82, 2.24) is 10.4 Å². The molecule has 2 aromatic rings. The minimum absolute atomic E-state index is 0.411. The molecule has 2 saturated heterocycles. The Morgan fingerprint density at radius 2 is 1.48 bits per heavy atom. The maximum absolute atomic E-state index is 12.3. The number of nitrogens with zero attached hydrogens (tertiary/aromatic N) is 2. The molecule has 0 bridgehead atoms. The van der Waals surface area contributed by atoms with Gasteiger partial charge in [0, 0.05) is 24.8 Å². The van der Waals surface area contributed by atoms with Gasteiger partial charge in [-0.3, -0.25) is 10.0 Å². The Labute approximate surface area is 173 Å². The standard InChI is InChI=1S/C24H31N3O2/c28-24(25-29)23(19-7-3-1-4-8-19)20-9-11-21(12-10-20)27-17-13-22(14-18-27)26-15-5-2-6-16-26/h1,3-4,7-12,22-23,29H,2,5-6,13-18H2,(H,25,28). The number of hydrogen-bond donors (Lipinski definition) is 2. The summed E-state index contributed by atoms with van der Waals surface area (Å²) in [6.07, 6.45) is 6.54. The maximum Gasteiger partial charge on any atom is 0.255 e. The number of hydrogen-bond acceptors (Lipinski definition) is 4. The molecule has 0 spiro atoms. The zero-order valence-corrected chi connectivity index (χ0v) is 17.0. The Hall–Kier alpha value is -2.37. The number of rotatable bonds is 5. The zero-order valence-electron chi connectivity index (χ0n) is 17.0. The first-order valence-electron chi connectivity index (χ1n) is 10.8.